The quantitative estimate of drug-likeness (QED) is 0.578. The highest BCUT2D eigenvalue weighted by atomic mass is 19.1. The van der Waals surface area contributed by atoms with E-state index in [1.165, 1.54) is 12.1 Å². The van der Waals surface area contributed by atoms with Crippen molar-refractivity contribution >= 4 is 10.9 Å². The molecule has 0 radical (unpaired) electrons. The molecule has 60 valence electrons. The first-order valence-corrected chi connectivity index (χ1v) is 3.78. The standard InChI is InChI=1S/C10H8FN/c1-7-4-5-12-10-3-2-8(11)6-9(7)10/h2-6H,1H3. The van der Waals surface area contributed by atoms with Crippen LogP contribution in [0.1, 0.15) is 5.56 Å². The van der Waals surface area contributed by atoms with Crippen LogP contribution >= 0.6 is 0 Å². The number of fused-ring (bicyclic) bond motifs is 1. The van der Waals surface area contributed by atoms with Crippen LogP contribution in [-0.2, 0) is 0 Å². The molecule has 0 spiro atoms. The van der Waals surface area contributed by atoms with E-state index in [9.17, 15) is 4.39 Å². The molecule has 1 aromatic heterocycles. The first-order valence-electron chi connectivity index (χ1n) is 3.78. The van der Waals surface area contributed by atoms with Crippen LogP contribution in [0.2, 0.25) is 0 Å². The van der Waals surface area contributed by atoms with E-state index in [1.807, 2.05) is 13.0 Å². The number of pyridine rings is 1. The second-order valence-electron chi connectivity index (χ2n) is 2.79. The van der Waals surface area contributed by atoms with Crippen molar-refractivity contribution in [1.29, 1.82) is 0 Å². The Labute approximate surface area is 69.9 Å². The van der Waals surface area contributed by atoms with E-state index < -0.39 is 0 Å². The Morgan fingerprint density at radius 3 is 2.92 bits per heavy atom. The molecular formula is C10H8FN. The lowest BCUT2D eigenvalue weighted by atomic mass is 10.1. The molecule has 0 aliphatic carbocycles. The molecule has 0 atom stereocenters. The van der Waals surface area contributed by atoms with Crippen molar-refractivity contribution < 1.29 is 4.39 Å². The van der Waals surface area contributed by atoms with E-state index in [-0.39, 0.29) is 5.82 Å². The maximum absolute atomic E-state index is 12.8. The molecule has 0 N–H and O–H groups in total. The van der Waals surface area contributed by atoms with Gasteiger partial charge in [0.05, 0.1) is 5.52 Å². The number of benzene rings is 1. The second kappa shape index (κ2) is 2.55. The zero-order valence-corrected chi connectivity index (χ0v) is 6.71. The van der Waals surface area contributed by atoms with Crippen LogP contribution in [0.4, 0.5) is 4.39 Å². The summed E-state index contributed by atoms with van der Waals surface area (Å²) in [5.74, 6) is -0.210. The van der Waals surface area contributed by atoms with Crippen molar-refractivity contribution in [2.75, 3.05) is 0 Å². The zero-order chi connectivity index (χ0) is 8.55. The lowest BCUT2D eigenvalue weighted by molar-refractivity contribution is 0.629. The summed E-state index contributed by atoms with van der Waals surface area (Å²) in [6, 6.07) is 6.51. The molecule has 1 aromatic carbocycles. The Morgan fingerprint density at radius 1 is 1.25 bits per heavy atom. The van der Waals surface area contributed by atoms with Crippen molar-refractivity contribution in [2.45, 2.75) is 6.92 Å². The Kier molecular flexibility index (Phi) is 1.54. The van der Waals surface area contributed by atoms with Crippen LogP contribution in [0.5, 0.6) is 0 Å². The van der Waals surface area contributed by atoms with Gasteiger partial charge in [0, 0.05) is 11.6 Å². The predicted molar refractivity (Wildman–Crippen MR) is 46.4 cm³/mol. The Balaban J connectivity index is 2.88. The molecule has 0 aliphatic heterocycles. The van der Waals surface area contributed by atoms with Crippen LogP contribution in [0, 0.1) is 12.7 Å². The highest BCUT2D eigenvalue weighted by Gasteiger charge is 1.98. The summed E-state index contributed by atoms with van der Waals surface area (Å²) in [5, 5.41) is 0.887. The van der Waals surface area contributed by atoms with Crippen molar-refractivity contribution in [2.24, 2.45) is 0 Å². The van der Waals surface area contributed by atoms with Gasteiger partial charge in [-0.3, -0.25) is 4.98 Å². The number of hydrogen-bond acceptors (Lipinski definition) is 1. The average Bonchev–Trinajstić information content (AvgIpc) is 2.07. The van der Waals surface area contributed by atoms with Gasteiger partial charge in [0.15, 0.2) is 0 Å². The molecular weight excluding hydrogens is 153 g/mol. The minimum Gasteiger partial charge on any atom is -0.256 e. The van der Waals surface area contributed by atoms with E-state index in [0.29, 0.717) is 0 Å². The fourth-order valence-corrected chi connectivity index (χ4v) is 1.26. The van der Waals surface area contributed by atoms with E-state index in [2.05, 4.69) is 4.98 Å². The molecule has 0 saturated carbocycles. The van der Waals surface area contributed by atoms with Gasteiger partial charge < -0.3 is 0 Å². The molecule has 2 heteroatoms. The van der Waals surface area contributed by atoms with E-state index in [1.54, 1.807) is 12.3 Å². The lowest BCUT2D eigenvalue weighted by Gasteiger charge is -1.99. The smallest absolute Gasteiger partial charge is 0.123 e. The number of hydrogen-bond donors (Lipinski definition) is 0. The van der Waals surface area contributed by atoms with Crippen molar-refractivity contribution in [3.05, 3.63) is 41.8 Å². The highest BCUT2D eigenvalue weighted by molar-refractivity contribution is 5.81. The molecule has 0 amide bonds. The molecule has 2 aromatic rings. The van der Waals surface area contributed by atoms with Crippen LogP contribution in [0.25, 0.3) is 10.9 Å². The molecule has 1 heterocycles. The SMILES string of the molecule is Cc1ccnc2ccc(F)cc12. The zero-order valence-electron chi connectivity index (χ0n) is 6.71. The van der Waals surface area contributed by atoms with Crippen molar-refractivity contribution in [3.8, 4) is 0 Å². The Bertz CT molecular complexity index is 423. The third-order valence-electron chi connectivity index (χ3n) is 1.92. The normalized spacial score (nSPS) is 10.5. The number of aryl methyl sites for hydroxylation is 1. The first kappa shape index (κ1) is 7.22. The maximum atomic E-state index is 12.8. The monoisotopic (exact) mass is 161 g/mol. The summed E-state index contributed by atoms with van der Waals surface area (Å²) in [5.41, 5.74) is 1.90. The minimum atomic E-state index is -0.210. The molecule has 12 heavy (non-hydrogen) atoms. The Morgan fingerprint density at radius 2 is 2.08 bits per heavy atom. The fourth-order valence-electron chi connectivity index (χ4n) is 1.26. The molecule has 0 saturated heterocycles. The van der Waals surface area contributed by atoms with Crippen LogP contribution < -0.4 is 0 Å². The topological polar surface area (TPSA) is 12.9 Å². The molecule has 0 fully saturated rings. The summed E-state index contributed by atoms with van der Waals surface area (Å²) in [7, 11) is 0. The van der Waals surface area contributed by atoms with Gasteiger partial charge in [-0.25, -0.2) is 4.39 Å². The summed E-state index contributed by atoms with van der Waals surface area (Å²) < 4.78 is 12.8. The second-order valence-corrected chi connectivity index (χ2v) is 2.79. The fraction of sp³-hybridized carbons (Fsp3) is 0.100. The van der Waals surface area contributed by atoms with Gasteiger partial charge in [-0.1, -0.05) is 0 Å². The van der Waals surface area contributed by atoms with Crippen molar-refractivity contribution in [3.63, 3.8) is 0 Å². The van der Waals surface area contributed by atoms with Crippen LogP contribution in [-0.4, -0.2) is 4.98 Å². The van der Waals surface area contributed by atoms with Gasteiger partial charge in [-0.05, 0) is 36.8 Å². The van der Waals surface area contributed by atoms with Gasteiger partial charge in [0.25, 0.3) is 0 Å². The van der Waals surface area contributed by atoms with Gasteiger partial charge >= 0.3 is 0 Å². The summed E-state index contributed by atoms with van der Waals surface area (Å²) in [4.78, 5) is 4.12. The molecule has 0 bridgehead atoms. The first-order chi connectivity index (χ1) is 5.77. The van der Waals surface area contributed by atoms with Crippen LogP contribution in [0.3, 0.4) is 0 Å². The molecule has 0 aliphatic rings. The molecule has 2 rings (SSSR count). The average molecular weight is 161 g/mol. The predicted octanol–water partition coefficient (Wildman–Crippen LogP) is 2.68. The summed E-state index contributed by atoms with van der Waals surface area (Å²) in [6.45, 7) is 1.95. The maximum Gasteiger partial charge on any atom is 0.123 e. The lowest BCUT2D eigenvalue weighted by Crippen LogP contribution is -1.83. The molecule has 1 nitrogen and oxygen atoms in total. The minimum absolute atomic E-state index is 0.210. The number of rotatable bonds is 0. The van der Waals surface area contributed by atoms with Crippen molar-refractivity contribution in [1.82, 2.24) is 4.98 Å². The summed E-state index contributed by atoms with van der Waals surface area (Å²) >= 11 is 0. The number of aromatic nitrogens is 1. The highest BCUT2D eigenvalue weighted by Crippen LogP contribution is 2.16. The van der Waals surface area contributed by atoms with E-state index in [4.69, 9.17) is 0 Å². The Hall–Kier alpha value is -1.44. The number of nitrogens with zero attached hydrogens (tertiary/aromatic N) is 1. The third-order valence-corrected chi connectivity index (χ3v) is 1.92. The van der Waals surface area contributed by atoms with Gasteiger partial charge in [-0.2, -0.15) is 0 Å². The van der Waals surface area contributed by atoms with Gasteiger partial charge in [0.1, 0.15) is 5.82 Å². The van der Waals surface area contributed by atoms with E-state index >= 15 is 0 Å². The summed E-state index contributed by atoms with van der Waals surface area (Å²) in [6.07, 6.45) is 1.73. The third kappa shape index (κ3) is 1.05. The molecule has 0 unspecified atom stereocenters. The van der Waals surface area contributed by atoms with Gasteiger partial charge in [-0.15, -0.1) is 0 Å². The van der Waals surface area contributed by atoms with Crippen LogP contribution in [0.15, 0.2) is 30.5 Å². The van der Waals surface area contributed by atoms with E-state index in [0.717, 1.165) is 16.5 Å². The number of halogens is 1. The largest absolute Gasteiger partial charge is 0.256 e. The van der Waals surface area contributed by atoms with Gasteiger partial charge in [0.2, 0.25) is 0 Å².